The largest absolute Gasteiger partial charge is 0.396 e. The van der Waals surface area contributed by atoms with E-state index in [1.54, 1.807) is 4.80 Å². The molecular weight excluding hydrogens is 663 g/mol. The third kappa shape index (κ3) is 6.75. The van der Waals surface area contributed by atoms with E-state index in [9.17, 15) is 0 Å². The highest BCUT2D eigenvalue weighted by Gasteiger charge is 2.25. The molecular formula is C47H43N7. The summed E-state index contributed by atoms with van der Waals surface area (Å²) in [6.07, 6.45) is 0. The van der Waals surface area contributed by atoms with Gasteiger partial charge < -0.3 is 21.3 Å². The molecule has 266 valence electrons. The predicted molar refractivity (Wildman–Crippen MR) is 226 cm³/mol. The third-order valence-corrected chi connectivity index (χ3v) is 9.46. The average Bonchev–Trinajstić information content (AvgIpc) is 3.59. The van der Waals surface area contributed by atoms with Gasteiger partial charge in [0.2, 0.25) is 0 Å². The van der Waals surface area contributed by atoms with E-state index in [0.717, 1.165) is 67.4 Å². The first-order chi connectivity index (χ1) is 26.2. The predicted octanol–water partition coefficient (Wildman–Crippen LogP) is 11.9. The molecule has 0 saturated heterocycles. The van der Waals surface area contributed by atoms with Gasteiger partial charge >= 0.3 is 0 Å². The van der Waals surface area contributed by atoms with Crippen LogP contribution in [0.3, 0.4) is 0 Å². The smallest absolute Gasteiger partial charge is 0.123 e. The summed E-state index contributed by atoms with van der Waals surface area (Å²) in [5, 5.41) is 10.2. The fourth-order valence-electron chi connectivity index (χ4n) is 7.05. The first-order valence-corrected chi connectivity index (χ1v) is 18.2. The Bertz CT molecular complexity index is 2240. The number of aromatic nitrogens is 3. The fraction of sp³-hybridized carbons (Fsp3) is 0.106. The van der Waals surface area contributed by atoms with Crippen molar-refractivity contribution in [2.24, 2.45) is 5.41 Å². The lowest BCUT2D eigenvalue weighted by molar-refractivity contribution is 0.305. The van der Waals surface area contributed by atoms with Crippen molar-refractivity contribution < 1.29 is 0 Å². The van der Waals surface area contributed by atoms with E-state index in [-0.39, 0.29) is 5.41 Å². The Labute approximate surface area is 316 Å². The van der Waals surface area contributed by atoms with Crippen LogP contribution in [0.25, 0.3) is 33.3 Å². The second-order valence-corrected chi connectivity index (χ2v) is 14.7. The Balaban J connectivity index is 1.23. The highest BCUT2D eigenvalue weighted by molar-refractivity contribution is 6.12. The minimum absolute atomic E-state index is 0.0492. The van der Waals surface area contributed by atoms with Crippen LogP contribution < -0.4 is 21.3 Å². The molecule has 7 aromatic carbocycles. The maximum Gasteiger partial charge on any atom is 0.123 e. The van der Waals surface area contributed by atoms with Gasteiger partial charge in [-0.2, -0.15) is 15.0 Å². The zero-order valence-electron chi connectivity index (χ0n) is 30.8. The van der Waals surface area contributed by atoms with Gasteiger partial charge in [-0.25, -0.2) is 0 Å². The Morgan fingerprint density at radius 2 is 0.704 bits per heavy atom. The van der Waals surface area contributed by atoms with Crippen molar-refractivity contribution in [1.82, 2.24) is 15.0 Å². The zero-order valence-corrected chi connectivity index (χ0v) is 30.8. The van der Waals surface area contributed by atoms with Crippen LogP contribution in [0.15, 0.2) is 170 Å². The molecule has 54 heavy (non-hydrogen) atoms. The topological polar surface area (TPSA) is 89.2 Å². The van der Waals surface area contributed by atoms with Gasteiger partial charge in [0.15, 0.2) is 0 Å². The fourth-order valence-corrected chi connectivity index (χ4v) is 7.05. The summed E-state index contributed by atoms with van der Waals surface area (Å²) >= 11 is 0. The molecule has 0 bridgehead atoms. The Morgan fingerprint density at radius 3 is 0.981 bits per heavy atom. The van der Waals surface area contributed by atoms with Crippen molar-refractivity contribution in [1.29, 1.82) is 0 Å². The van der Waals surface area contributed by atoms with E-state index < -0.39 is 0 Å². The van der Waals surface area contributed by atoms with Crippen LogP contribution in [-0.4, -0.2) is 15.0 Å². The van der Waals surface area contributed by atoms with Crippen molar-refractivity contribution in [2.75, 3.05) is 21.3 Å². The highest BCUT2D eigenvalue weighted by Crippen LogP contribution is 2.46. The number of nitrogen functional groups attached to an aromatic ring is 2. The molecule has 0 aliphatic carbocycles. The molecule has 4 N–H and O–H groups in total. The molecule has 7 heteroatoms. The first kappa shape index (κ1) is 34.2. The summed E-state index contributed by atoms with van der Waals surface area (Å²) in [7, 11) is 0. The van der Waals surface area contributed by atoms with Crippen LogP contribution in [-0.2, 0) is 6.54 Å². The minimum Gasteiger partial charge on any atom is -0.396 e. The van der Waals surface area contributed by atoms with Gasteiger partial charge in [0.1, 0.15) is 11.0 Å². The number of hydrogen-bond acceptors (Lipinski definition) is 6. The summed E-state index contributed by atoms with van der Waals surface area (Å²) in [5.41, 5.74) is 26.1. The van der Waals surface area contributed by atoms with Crippen LogP contribution in [0.4, 0.5) is 45.5 Å². The molecule has 1 heterocycles. The van der Waals surface area contributed by atoms with E-state index >= 15 is 0 Å². The van der Waals surface area contributed by atoms with Crippen molar-refractivity contribution in [3.05, 3.63) is 170 Å². The van der Waals surface area contributed by atoms with Crippen LogP contribution >= 0.6 is 0 Å². The minimum atomic E-state index is -0.0492. The lowest BCUT2D eigenvalue weighted by Crippen LogP contribution is -2.17. The van der Waals surface area contributed by atoms with Gasteiger partial charge in [0, 0.05) is 45.3 Å². The standard InChI is InChI=1S/C47H43N7/c1-47(2,3)32-52-50-45-41(33-24-28-39(29-25-33)53(35-16-8-4-9-17-35)36-18-10-5-11-19-36)43(48)44(49)42(46(45)51-52)34-26-30-40(31-27-34)54(37-20-12-6-13-21-37)38-22-14-7-15-23-38/h4-31H,32,48-49H2,1-3H3. The van der Waals surface area contributed by atoms with E-state index in [1.165, 1.54) is 0 Å². The third-order valence-electron chi connectivity index (χ3n) is 9.46. The first-order valence-electron chi connectivity index (χ1n) is 18.2. The number of anilines is 8. The van der Waals surface area contributed by atoms with Gasteiger partial charge in [-0.05, 0) is 89.3 Å². The van der Waals surface area contributed by atoms with E-state index in [0.29, 0.717) is 17.9 Å². The summed E-state index contributed by atoms with van der Waals surface area (Å²) < 4.78 is 0. The van der Waals surface area contributed by atoms with Gasteiger partial charge in [-0.1, -0.05) is 118 Å². The van der Waals surface area contributed by atoms with Gasteiger partial charge in [0.05, 0.1) is 17.9 Å². The molecule has 8 rings (SSSR count). The zero-order chi connectivity index (χ0) is 37.2. The Kier molecular flexibility index (Phi) is 9.05. The van der Waals surface area contributed by atoms with Crippen molar-refractivity contribution in [2.45, 2.75) is 27.3 Å². The molecule has 0 radical (unpaired) electrons. The molecule has 0 aliphatic rings. The molecule has 0 atom stereocenters. The molecule has 0 fully saturated rings. The number of para-hydroxylation sites is 4. The second kappa shape index (κ2) is 14.3. The number of benzene rings is 7. The lowest BCUT2D eigenvalue weighted by Gasteiger charge is -2.26. The average molecular weight is 706 g/mol. The summed E-state index contributed by atoms with van der Waals surface area (Å²) in [5.74, 6) is 0. The lowest BCUT2D eigenvalue weighted by atomic mass is 9.93. The molecule has 0 unspecified atom stereocenters. The molecule has 0 aliphatic heterocycles. The second-order valence-electron chi connectivity index (χ2n) is 14.7. The maximum absolute atomic E-state index is 7.04. The van der Waals surface area contributed by atoms with E-state index in [4.69, 9.17) is 21.7 Å². The maximum atomic E-state index is 7.04. The van der Waals surface area contributed by atoms with Gasteiger partial charge in [0.25, 0.3) is 0 Å². The van der Waals surface area contributed by atoms with Crippen LogP contribution in [0, 0.1) is 5.41 Å². The van der Waals surface area contributed by atoms with Crippen molar-refractivity contribution in [3.8, 4) is 22.3 Å². The number of nitrogens with two attached hydrogens (primary N) is 2. The molecule has 8 aromatic rings. The van der Waals surface area contributed by atoms with Gasteiger partial charge in [-0.3, -0.25) is 0 Å². The number of fused-ring (bicyclic) bond motifs is 1. The Morgan fingerprint density at radius 1 is 0.426 bits per heavy atom. The molecule has 1 aromatic heterocycles. The number of hydrogen-bond donors (Lipinski definition) is 2. The van der Waals surface area contributed by atoms with Gasteiger partial charge in [-0.15, -0.1) is 0 Å². The van der Waals surface area contributed by atoms with E-state index in [1.807, 2.05) is 24.3 Å². The molecule has 7 nitrogen and oxygen atoms in total. The van der Waals surface area contributed by atoms with E-state index in [2.05, 4.69) is 176 Å². The summed E-state index contributed by atoms with van der Waals surface area (Å²) in [4.78, 5) is 6.26. The molecule has 0 amide bonds. The normalized spacial score (nSPS) is 11.5. The van der Waals surface area contributed by atoms with Crippen molar-refractivity contribution >= 4 is 56.5 Å². The number of rotatable bonds is 9. The van der Waals surface area contributed by atoms with Crippen LogP contribution in [0.2, 0.25) is 0 Å². The Hall–Kier alpha value is -6.86. The summed E-state index contributed by atoms with van der Waals surface area (Å²) in [6.45, 7) is 7.17. The molecule has 0 spiro atoms. The SMILES string of the molecule is CC(C)(C)Cn1nc2c(-c3ccc(N(c4ccccc4)c4ccccc4)cc3)c(N)c(N)c(-c3ccc(N(c4ccccc4)c4ccccc4)cc3)c2n1. The molecule has 0 saturated carbocycles. The quantitative estimate of drug-likeness (QED) is 0.145. The van der Waals surface area contributed by atoms with Crippen LogP contribution in [0.5, 0.6) is 0 Å². The van der Waals surface area contributed by atoms with Crippen LogP contribution in [0.1, 0.15) is 20.8 Å². The number of nitrogens with zero attached hydrogens (tertiary/aromatic N) is 5. The van der Waals surface area contributed by atoms with Crippen molar-refractivity contribution in [3.63, 3.8) is 0 Å². The highest BCUT2D eigenvalue weighted by atomic mass is 15.5. The summed E-state index contributed by atoms with van der Waals surface area (Å²) in [6, 6.07) is 58.3. The monoisotopic (exact) mass is 705 g/mol.